The summed E-state index contributed by atoms with van der Waals surface area (Å²) in [5.41, 5.74) is 6.33. The van der Waals surface area contributed by atoms with E-state index in [-0.39, 0.29) is 12.5 Å². The highest BCUT2D eigenvalue weighted by Gasteiger charge is 2.22. The zero-order valence-electron chi connectivity index (χ0n) is 12.3. The largest absolute Gasteiger partial charge is 0.449 e. The lowest BCUT2D eigenvalue weighted by molar-refractivity contribution is -0.122. The zero-order valence-corrected chi connectivity index (χ0v) is 12.3. The first kappa shape index (κ1) is 15.6. The van der Waals surface area contributed by atoms with E-state index in [1.165, 1.54) is 0 Å². The van der Waals surface area contributed by atoms with Crippen molar-refractivity contribution < 1.29 is 14.3 Å². The van der Waals surface area contributed by atoms with Gasteiger partial charge in [0.15, 0.2) is 0 Å². The molecule has 2 amide bonds. The van der Waals surface area contributed by atoms with Crippen LogP contribution in [-0.4, -0.2) is 18.6 Å². The van der Waals surface area contributed by atoms with Crippen molar-refractivity contribution in [3.05, 3.63) is 71.8 Å². The molecule has 0 bridgehead atoms. The van der Waals surface area contributed by atoms with Crippen LogP contribution in [0.25, 0.3) is 0 Å². The molecule has 0 radical (unpaired) electrons. The standard InChI is InChI=1S/C17H18N2O3/c1-2-22-17(21)19-18-16(20)15(13-9-5-3-6-10-13)14-11-7-4-8-12-14/h3-12,15H,2H2,1H3,(H,18,20)(H,19,21). The summed E-state index contributed by atoms with van der Waals surface area (Å²) in [6.07, 6.45) is -0.685. The lowest BCUT2D eigenvalue weighted by atomic mass is 9.91. The summed E-state index contributed by atoms with van der Waals surface area (Å²) in [5, 5.41) is 0. The molecule has 0 saturated heterocycles. The molecule has 2 aromatic carbocycles. The first-order valence-corrected chi connectivity index (χ1v) is 7.05. The van der Waals surface area contributed by atoms with Gasteiger partial charge in [0.05, 0.1) is 12.5 Å². The van der Waals surface area contributed by atoms with Gasteiger partial charge in [0, 0.05) is 0 Å². The van der Waals surface area contributed by atoms with Gasteiger partial charge in [0.25, 0.3) is 0 Å². The van der Waals surface area contributed by atoms with E-state index in [0.717, 1.165) is 11.1 Å². The Morgan fingerprint density at radius 3 is 1.86 bits per heavy atom. The van der Waals surface area contributed by atoms with Crippen LogP contribution < -0.4 is 10.9 Å². The molecule has 2 aromatic rings. The van der Waals surface area contributed by atoms with Gasteiger partial charge in [0.2, 0.25) is 5.91 Å². The van der Waals surface area contributed by atoms with Crippen molar-refractivity contribution in [2.24, 2.45) is 0 Å². The Labute approximate surface area is 129 Å². The summed E-state index contributed by atoms with van der Waals surface area (Å²) in [7, 11) is 0. The first-order chi connectivity index (χ1) is 10.7. The maximum Gasteiger partial charge on any atom is 0.426 e. The normalized spacial score (nSPS) is 10.1. The van der Waals surface area contributed by atoms with Crippen LogP contribution >= 0.6 is 0 Å². The fourth-order valence-corrected chi connectivity index (χ4v) is 2.14. The van der Waals surface area contributed by atoms with Crippen LogP contribution in [0.3, 0.4) is 0 Å². The Kier molecular flexibility index (Phi) is 5.54. The molecule has 0 atom stereocenters. The topological polar surface area (TPSA) is 67.4 Å². The number of rotatable bonds is 4. The van der Waals surface area contributed by atoms with Gasteiger partial charge >= 0.3 is 6.09 Å². The number of hydrazine groups is 1. The van der Waals surface area contributed by atoms with Crippen molar-refractivity contribution in [3.8, 4) is 0 Å². The molecule has 22 heavy (non-hydrogen) atoms. The molecule has 2 rings (SSSR count). The predicted octanol–water partition coefficient (Wildman–Crippen LogP) is 2.60. The number of carbonyl (C=O) groups is 2. The molecule has 0 aliphatic rings. The molecular formula is C17H18N2O3. The number of amides is 2. The van der Waals surface area contributed by atoms with E-state index in [1.807, 2.05) is 60.7 Å². The number of carbonyl (C=O) groups excluding carboxylic acids is 2. The maximum atomic E-state index is 12.5. The molecule has 0 aliphatic carbocycles. The molecule has 0 aromatic heterocycles. The van der Waals surface area contributed by atoms with Gasteiger partial charge in [-0.15, -0.1) is 0 Å². The van der Waals surface area contributed by atoms with Crippen LogP contribution in [0.5, 0.6) is 0 Å². The van der Waals surface area contributed by atoms with E-state index in [2.05, 4.69) is 10.9 Å². The Balaban J connectivity index is 2.18. The third-order valence-corrected chi connectivity index (χ3v) is 3.09. The second-order valence-corrected chi connectivity index (χ2v) is 4.59. The van der Waals surface area contributed by atoms with Gasteiger partial charge < -0.3 is 4.74 Å². The smallest absolute Gasteiger partial charge is 0.426 e. The van der Waals surface area contributed by atoms with Crippen LogP contribution in [-0.2, 0) is 9.53 Å². The van der Waals surface area contributed by atoms with Gasteiger partial charge in [0.1, 0.15) is 0 Å². The lowest BCUT2D eigenvalue weighted by Crippen LogP contribution is -2.44. The minimum atomic E-state index is -0.685. The molecule has 0 aliphatic heterocycles. The highest BCUT2D eigenvalue weighted by atomic mass is 16.5. The number of hydrogen-bond acceptors (Lipinski definition) is 3. The van der Waals surface area contributed by atoms with Gasteiger partial charge in [-0.05, 0) is 18.1 Å². The molecule has 5 nitrogen and oxygen atoms in total. The SMILES string of the molecule is CCOC(=O)NNC(=O)C(c1ccccc1)c1ccccc1. The predicted molar refractivity (Wildman–Crippen MR) is 83.0 cm³/mol. The van der Waals surface area contributed by atoms with Gasteiger partial charge in [-0.3, -0.25) is 10.2 Å². The second kappa shape index (κ2) is 7.83. The van der Waals surface area contributed by atoms with Crippen molar-refractivity contribution in [3.63, 3.8) is 0 Å². The van der Waals surface area contributed by atoms with Crippen molar-refractivity contribution >= 4 is 12.0 Å². The average Bonchev–Trinajstić information content (AvgIpc) is 2.55. The summed E-state index contributed by atoms with van der Waals surface area (Å²) < 4.78 is 4.72. The fraction of sp³-hybridized carbons (Fsp3) is 0.176. The molecular weight excluding hydrogens is 280 g/mol. The third kappa shape index (κ3) is 4.09. The Hall–Kier alpha value is -2.82. The minimum absolute atomic E-state index is 0.239. The molecule has 0 spiro atoms. The van der Waals surface area contributed by atoms with E-state index in [4.69, 9.17) is 4.74 Å². The summed E-state index contributed by atoms with van der Waals surface area (Å²) in [6.45, 7) is 1.93. The van der Waals surface area contributed by atoms with E-state index in [0.29, 0.717) is 0 Å². The summed E-state index contributed by atoms with van der Waals surface area (Å²) in [5.74, 6) is -0.838. The van der Waals surface area contributed by atoms with Crippen LogP contribution in [0.2, 0.25) is 0 Å². The van der Waals surface area contributed by atoms with E-state index >= 15 is 0 Å². The molecule has 2 N–H and O–H groups in total. The lowest BCUT2D eigenvalue weighted by Gasteiger charge is -2.18. The van der Waals surface area contributed by atoms with Crippen LogP contribution in [0, 0.1) is 0 Å². The van der Waals surface area contributed by atoms with E-state index in [9.17, 15) is 9.59 Å². The van der Waals surface area contributed by atoms with Crippen molar-refractivity contribution in [1.29, 1.82) is 0 Å². The monoisotopic (exact) mass is 298 g/mol. The van der Waals surface area contributed by atoms with Crippen LogP contribution in [0.1, 0.15) is 24.0 Å². The Morgan fingerprint density at radius 1 is 0.909 bits per heavy atom. The first-order valence-electron chi connectivity index (χ1n) is 7.05. The zero-order chi connectivity index (χ0) is 15.8. The van der Waals surface area contributed by atoms with Crippen LogP contribution in [0.15, 0.2) is 60.7 Å². The van der Waals surface area contributed by atoms with Gasteiger partial charge in [-0.2, -0.15) is 0 Å². The molecule has 0 heterocycles. The molecule has 0 fully saturated rings. The molecule has 5 heteroatoms. The Morgan fingerprint density at radius 2 is 1.41 bits per heavy atom. The van der Waals surface area contributed by atoms with Crippen LogP contribution in [0.4, 0.5) is 4.79 Å². The summed E-state index contributed by atoms with van der Waals surface area (Å²) in [6, 6.07) is 18.8. The molecule has 114 valence electrons. The maximum absolute atomic E-state index is 12.5. The highest BCUT2D eigenvalue weighted by Crippen LogP contribution is 2.24. The molecule has 0 saturated carbocycles. The number of nitrogens with one attached hydrogen (secondary N) is 2. The average molecular weight is 298 g/mol. The summed E-state index contributed by atoms with van der Waals surface area (Å²) in [4.78, 5) is 23.8. The third-order valence-electron chi connectivity index (χ3n) is 3.09. The minimum Gasteiger partial charge on any atom is -0.449 e. The van der Waals surface area contributed by atoms with Crippen molar-refractivity contribution in [1.82, 2.24) is 10.9 Å². The van der Waals surface area contributed by atoms with E-state index < -0.39 is 12.0 Å². The quantitative estimate of drug-likeness (QED) is 0.853. The summed E-state index contributed by atoms with van der Waals surface area (Å²) >= 11 is 0. The second-order valence-electron chi connectivity index (χ2n) is 4.59. The van der Waals surface area contributed by atoms with Crippen molar-refractivity contribution in [2.75, 3.05) is 6.61 Å². The Bertz CT molecular complexity index is 575. The fourth-order valence-electron chi connectivity index (χ4n) is 2.14. The number of benzene rings is 2. The van der Waals surface area contributed by atoms with Crippen molar-refractivity contribution in [2.45, 2.75) is 12.8 Å². The number of ether oxygens (including phenoxy) is 1. The van der Waals surface area contributed by atoms with Gasteiger partial charge in [-0.1, -0.05) is 60.7 Å². The number of hydrogen-bond donors (Lipinski definition) is 2. The van der Waals surface area contributed by atoms with Gasteiger partial charge in [-0.25, -0.2) is 10.2 Å². The molecule has 0 unspecified atom stereocenters. The van der Waals surface area contributed by atoms with E-state index in [1.54, 1.807) is 6.92 Å². The highest BCUT2D eigenvalue weighted by molar-refractivity contribution is 5.88.